The molecule has 51 heavy (non-hydrogen) atoms. The molecule has 1 unspecified atom stereocenters. The Morgan fingerprint density at radius 1 is 0.922 bits per heavy atom. The number of oxazole rings is 1. The normalized spacial score (nSPS) is 18.4. The summed E-state index contributed by atoms with van der Waals surface area (Å²) < 4.78 is 43.4. The molecule has 2 aliphatic rings. The van der Waals surface area contributed by atoms with Crippen LogP contribution in [0, 0.1) is 11.8 Å². The molecule has 0 bridgehead atoms. The zero-order chi connectivity index (χ0) is 36.0. The predicted octanol–water partition coefficient (Wildman–Crippen LogP) is 7.27. The van der Waals surface area contributed by atoms with Gasteiger partial charge < -0.3 is 25.1 Å². The minimum absolute atomic E-state index is 0.0301. The van der Waals surface area contributed by atoms with Gasteiger partial charge in [0.05, 0.1) is 6.04 Å². The first-order valence-electron chi connectivity index (χ1n) is 17.2. The van der Waals surface area contributed by atoms with E-state index in [-0.39, 0.29) is 41.1 Å². The van der Waals surface area contributed by atoms with Gasteiger partial charge in [-0.25, -0.2) is 9.78 Å². The number of amides is 3. The minimum atomic E-state index is -3.70. The van der Waals surface area contributed by atoms with Gasteiger partial charge in [0.2, 0.25) is 17.6 Å². The number of aromatic nitrogens is 1. The second-order valence-corrected chi connectivity index (χ2v) is 13.6. The van der Waals surface area contributed by atoms with E-state index in [1.54, 1.807) is 42.5 Å². The Hall–Kier alpha value is -4.84. The maximum atomic E-state index is 16.1. The number of Topliss-reactive ketones (excluding diaryl/α,β-unsaturated/α-hetero) is 1. The number of ketones is 1. The summed E-state index contributed by atoms with van der Waals surface area (Å²) in [5.41, 5.74) is 0.410. The third kappa shape index (κ3) is 8.73. The summed E-state index contributed by atoms with van der Waals surface area (Å²) in [4.78, 5) is 58.3. The van der Waals surface area contributed by atoms with Crippen LogP contribution in [-0.2, 0) is 20.2 Å². The molecule has 4 aromatic rings. The van der Waals surface area contributed by atoms with Gasteiger partial charge in [0.25, 0.3) is 5.89 Å². The highest BCUT2D eigenvalue weighted by Crippen LogP contribution is 2.43. The number of benzene rings is 3. The first-order chi connectivity index (χ1) is 24.6. The molecule has 1 aliphatic carbocycles. The summed E-state index contributed by atoms with van der Waals surface area (Å²) in [6, 6.07) is 17.1. The Bertz CT molecular complexity index is 1830. The highest BCUT2D eigenvalue weighted by Gasteiger charge is 2.46. The second kappa shape index (κ2) is 16.0. The molecule has 0 spiro atoms. The Morgan fingerprint density at radius 3 is 2.37 bits per heavy atom. The number of hydrogen-bond acceptors (Lipinski definition) is 7. The number of halogens is 3. The molecule has 10 nitrogen and oxygen atoms in total. The first-order valence-corrected chi connectivity index (χ1v) is 17.6. The van der Waals surface area contributed by atoms with Crippen LogP contribution >= 0.6 is 11.6 Å². The summed E-state index contributed by atoms with van der Waals surface area (Å²) in [5, 5.41) is 8.13. The lowest BCUT2D eigenvalue weighted by Gasteiger charge is -2.30. The molecule has 3 N–H and O–H groups in total. The van der Waals surface area contributed by atoms with Gasteiger partial charge in [0, 0.05) is 23.0 Å². The molecule has 1 saturated carbocycles. The van der Waals surface area contributed by atoms with Crippen LogP contribution in [0.25, 0.3) is 11.1 Å². The van der Waals surface area contributed by atoms with Crippen molar-refractivity contribution in [3.05, 3.63) is 101 Å². The molecule has 3 aromatic carbocycles. The Kier molecular flexibility index (Phi) is 11.3. The number of nitrogens with zero attached hydrogens (tertiary/aromatic N) is 1. The van der Waals surface area contributed by atoms with Gasteiger partial charge in [-0.2, -0.15) is 8.78 Å². The van der Waals surface area contributed by atoms with E-state index in [0.717, 1.165) is 38.2 Å². The molecule has 1 aromatic heterocycles. The van der Waals surface area contributed by atoms with E-state index in [0.29, 0.717) is 24.1 Å². The summed E-state index contributed by atoms with van der Waals surface area (Å²) in [5.74, 6) is -6.04. The largest absolute Gasteiger partial charge is 0.434 e. The number of nitrogens with one attached hydrogen (secondary N) is 3. The fourth-order valence-electron chi connectivity index (χ4n) is 6.88. The van der Waals surface area contributed by atoms with Crippen LogP contribution in [0.15, 0.2) is 83.3 Å². The molecule has 1 saturated heterocycles. The Labute approximate surface area is 298 Å². The van der Waals surface area contributed by atoms with Crippen molar-refractivity contribution in [2.45, 2.75) is 75.5 Å². The topological polar surface area (TPSA) is 140 Å². The van der Waals surface area contributed by atoms with E-state index in [1.165, 1.54) is 30.3 Å². The molecule has 2 fully saturated rings. The van der Waals surface area contributed by atoms with Gasteiger partial charge in [-0.05, 0) is 55.0 Å². The number of carbonyl (C=O) groups is 4. The predicted molar refractivity (Wildman–Crippen MR) is 185 cm³/mol. The summed E-state index contributed by atoms with van der Waals surface area (Å²) in [7, 11) is 0. The molecule has 4 atom stereocenters. The highest BCUT2D eigenvalue weighted by molar-refractivity contribution is 6.30. The summed E-state index contributed by atoms with van der Waals surface area (Å²) in [6.45, 7) is 0.432. The summed E-state index contributed by atoms with van der Waals surface area (Å²) in [6.07, 6.45) is 1.88. The van der Waals surface area contributed by atoms with Crippen molar-refractivity contribution in [3.63, 3.8) is 0 Å². The van der Waals surface area contributed by atoms with Crippen LogP contribution in [0.3, 0.4) is 0 Å². The van der Waals surface area contributed by atoms with Crippen molar-refractivity contribution in [1.29, 1.82) is 0 Å². The number of ether oxygens (including phenoxy) is 1. The number of para-hydroxylation sites is 2. The van der Waals surface area contributed by atoms with Crippen LogP contribution in [0.4, 0.5) is 13.6 Å². The van der Waals surface area contributed by atoms with E-state index in [9.17, 15) is 19.2 Å². The van der Waals surface area contributed by atoms with E-state index in [2.05, 4.69) is 20.9 Å². The quantitative estimate of drug-likeness (QED) is 0.123. The molecule has 2 heterocycles. The number of hydrogen-bond donors (Lipinski definition) is 3. The van der Waals surface area contributed by atoms with Crippen LogP contribution in [0.2, 0.25) is 5.02 Å². The number of carbonyl (C=O) groups excluding carboxylic acids is 4. The van der Waals surface area contributed by atoms with E-state index >= 15 is 8.78 Å². The number of fused-ring (bicyclic) bond motifs is 1. The fraction of sp³-hybridized carbons (Fsp3) is 0.395. The Balaban J connectivity index is 1.25. The third-order valence-electron chi connectivity index (χ3n) is 9.59. The van der Waals surface area contributed by atoms with Gasteiger partial charge in [0.15, 0.2) is 11.7 Å². The van der Waals surface area contributed by atoms with E-state index in [4.69, 9.17) is 20.8 Å². The van der Waals surface area contributed by atoms with Crippen molar-refractivity contribution >= 4 is 46.4 Å². The SMILES string of the molecule is O=C(N[C@@H](CC1CCCCC1)C(=O)N[C@@H](C[C@@H]1CCNC1=O)C(=O)c1nc2ccccc2o1)OC(c1ccccc1)C(F)(F)c1cccc(Cl)c1. The monoisotopic (exact) mass is 720 g/mol. The van der Waals surface area contributed by atoms with Gasteiger partial charge in [0.1, 0.15) is 11.6 Å². The molecule has 3 amide bonds. The average molecular weight is 721 g/mol. The number of rotatable bonds is 13. The van der Waals surface area contributed by atoms with Crippen LogP contribution in [-0.4, -0.2) is 47.3 Å². The molecular weight excluding hydrogens is 682 g/mol. The van der Waals surface area contributed by atoms with Gasteiger partial charge in [-0.15, -0.1) is 0 Å². The molecule has 13 heteroatoms. The zero-order valence-electron chi connectivity index (χ0n) is 27.8. The number of alkyl halides is 2. The molecule has 0 radical (unpaired) electrons. The van der Waals surface area contributed by atoms with Gasteiger partial charge in [-0.1, -0.05) is 98.3 Å². The second-order valence-electron chi connectivity index (χ2n) is 13.2. The lowest BCUT2D eigenvalue weighted by atomic mass is 9.84. The van der Waals surface area contributed by atoms with Crippen molar-refractivity contribution in [3.8, 4) is 0 Å². The maximum Gasteiger partial charge on any atom is 0.408 e. The van der Waals surface area contributed by atoms with Crippen LogP contribution in [0.1, 0.15) is 79.3 Å². The third-order valence-corrected chi connectivity index (χ3v) is 9.82. The van der Waals surface area contributed by atoms with Crippen molar-refractivity contribution in [1.82, 2.24) is 20.9 Å². The smallest absolute Gasteiger partial charge is 0.408 e. The fourth-order valence-corrected chi connectivity index (χ4v) is 7.07. The lowest BCUT2D eigenvalue weighted by molar-refractivity contribution is -0.127. The van der Waals surface area contributed by atoms with E-state index in [1.807, 2.05) is 0 Å². The standard InChI is InChI=1S/C38H39ClF2N4O6/c39-27-15-9-14-26(22-27)38(40,41)33(24-12-5-2-6-13-24)51-37(49)45-30(20-23-10-3-1-4-11-23)35(48)43-29(21-25-18-19-42-34(25)47)32(46)36-44-28-16-7-8-17-31(28)50-36/h2,5-9,12-17,22-23,25,29-30,33H,1,3-4,10-11,18-21H2,(H,42,47)(H,43,48)(H,45,49)/t25-,29-,30-,33?/m0/s1. The van der Waals surface area contributed by atoms with Gasteiger partial charge >= 0.3 is 12.0 Å². The minimum Gasteiger partial charge on any atom is -0.434 e. The Morgan fingerprint density at radius 2 is 1.67 bits per heavy atom. The lowest BCUT2D eigenvalue weighted by Crippen LogP contribution is -2.53. The zero-order valence-corrected chi connectivity index (χ0v) is 28.5. The maximum absolute atomic E-state index is 16.1. The first kappa shape index (κ1) is 36.0. The molecule has 6 rings (SSSR count). The van der Waals surface area contributed by atoms with Crippen molar-refractivity contribution in [2.24, 2.45) is 11.8 Å². The van der Waals surface area contributed by atoms with Crippen LogP contribution < -0.4 is 16.0 Å². The van der Waals surface area contributed by atoms with Crippen molar-refractivity contribution in [2.75, 3.05) is 6.54 Å². The molecule has 1 aliphatic heterocycles. The van der Waals surface area contributed by atoms with Crippen molar-refractivity contribution < 1.29 is 37.1 Å². The molecular formula is C38H39ClF2N4O6. The van der Waals surface area contributed by atoms with Crippen LogP contribution in [0.5, 0.6) is 0 Å². The van der Waals surface area contributed by atoms with E-state index < -0.39 is 53.4 Å². The highest BCUT2D eigenvalue weighted by atomic mass is 35.5. The average Bonchev–Trinajstić information content (AvgIpc) is 3.76. The van der Waals surface area contributed by atoms with Gasteiger partial charge in [-0.3, -0.25) is 14.4 Å². The molecule has 268 valence electrons. The number of alkyl carbamates (subject to hydrolysis) is 1. The summed E-state index contributed by atoms with van der Waals surface area (Å²) >= 11 is 6.03.